The van der Waals surface area contributed by atoms with Gasteiger partial charge >= 0.3 is 0 Å². The number of amides is 1. The Morgan fingerprint density at radius 1 is 1.25 bits per heavy atom. The predicted molar refractivity (Wildman–Crippen MR) is 111 cm³/mol. The fourth-order valence-corrected chi connectivity index (χ4v) is 3.84. The van der Waals surface area contributed by atoms with Crippen LogP contribution in [0.25, 0.3) is 11.3 Å². The Hall–Kier alpha value is -2.70. The van der Waals surface area contributed by atoms with Crippen LogP contribution in [0.15, 0.2) is 47.8 Å². The minimum absolute atomic E-state index is 0.0687. The number of hydrogen-bond acceptors (Lipinski definition) is 5. The van der Waals surface area contributed by atoms with Crippen LogP contribution in [0.1, 0.15) is 22.3 Å². The summed E-state index contributed by atoms with van der Waals surface area (Å²) in [6, 6.07) is 12.2. The number of fused-ring (bicyclic) bond motifs is 1. The number of aromatic nitrogens is 1. The smallest absolute Gasteiger partial charge is 0.268 e. The largest absolute Gasteiger partial charge is 0.479 e. The van der Waals surface area contributed by atoms with Crippen molar-refractivity contribution >= 4 is 40.3 Å². The van der Waals surface area contributed by atoms with Gasteiger partial charge in [-0.15, -0.1) is 11.3 Å². The average molecular weight is 413 g/mol. The van der Waals surface area contributed by atoms with Gasteiger partial charge in [-0.3, -0.25) is 14.5 Å². The van der Waals surface area contributed by atoms with E-state index in [0.717, 1.165) is 16.3 Å². The van der Waals surface area contributed by atoms with Crippen molar-refractivity contribution in [3.63, 3.8) is 0 Å². The second-order valence-corrected chi connectivity index (χ2v) is 8.05. The molecular weight excluding hydrogens is 396 g/mol. The van der Waals surface area contributed by atoms with Gasteiger partial charge in [0, 0.05) is 21.5 Å². The van der Waals surface area contributed by atoms with Crippen LogP contribution in [0, 0.1) is 6.92 Å². The number of ketones is 1. The Morgan fingerprint density at radius 3 is 2.68 bits per heavy atom. The number of hydrogen-bond donors (Lipinski definition) is 0. The topological polar surface area (TPSA) is 59.5 Å². The zero-order valence-corrected chi connectivity index (χ0v) is 16.9. The molecule has 0 bridgehead atoms. The van der Waals surface area contributed by atoms with E-state index in [4.69, 9.17) is 16.3 Å². The van der Waals surface area contributed by atoms with Crippen LogP contribution >= 0.6 is 22.9 Å². The van der Waals surface area contributed by atoms with E-state index >= 15 is 0 Å². The third-order valence-corrected chi connectivity index (χ3v) is 5.58. The summed E-state index contributed by atoms with van der Waals surface area (Å²) in [5, 5.41) is 3.48. The molecule has 0 saturated carbocycles. The van der Waals surface area contributed by atoms with Crippen molar-refractivity contribution in [2.24, 2.45) is 0 Å². The molecule has 0 aliphatic carbocycles. The quantitative estimate of drug-likeness (QED) is 0.579. The Labute approximate surface area is 171 Å². The number of anilines is 1. The fraction of sp³-hybridized carbons (Fsp3) is 0.190. The summed E-state index contributed by atoms with van der Waals surface area (Å²) in [6.07, 6.45) is -0.655. The summed E-state index contributed by atoms with van der Waals surface area (Å²) in [4.78, 5) is 31.5. The van der Waals surface area contributed by atoms with Crippen LogP contribution < -0.4 is 9.64 Å². The van der Waals surface area contributed by atoms with Gasteiger partial charge in [-0.2, -0.15) is 0 Å². The number of carbonyl (C=O) groups excluding carboxylic acids is 2. The molecule has 1 atom stereocenters. The van der Waals surface area contributed by atoms with Gasteiger partial charge in [0.15, 0.2) is 11.9 Å². The Balaban J connectivity index is 1.70. The van der Waals surface area contributed by atoms with E-state index in [2.05, 4.69) is 4.98 Å². The van der Waals surface area contributed by atoms with Gasteiger partial charge in [-0.25, -0.2) is 4.98 Å². The molecule has 2 heterocycles. The van der Waals surface area contributed by atoms with Crippen molar-refractivity contribution in [3.8, 4) is 17.0 Å². The molecule has 1 aliphatic heterocycles. The predicted octanol–water partition coefficient (Wildman–Crippen LogP) is 4.77. The molecule has 5 nitrogen and oxygen atoms in total. The van der Waals surface area contributed by atoms with Crippen LogP contribution in [0.5, 0.6) is 5.75 Å². The Morgan fingerprint density at radius 2 is 2.00 bits per heavy atom. The maximum Gasteiger partial charge on any atom is 0.268 e. The number of thiazole rings is 1. The number of Topliss-reactive ketones (excluding diaryl/α,β-unsaturated/α-hetero) is 1. The summed E-state index contributed by atoms with van der Waals surface area (Å²) < 4.78 is 5.74. The molecule has 142 valence electrons. The number of carbonyl (C=O) groups is 2. The van der Waals surface area contributed by atoms with Crippen LogP contribution in [0.3, 0.4) is 0 Å². The average Bonchev–Trinajstić information content (AvgIpc) is 3.12. The number of rotatable bonds is 4. The lowest BCUT2D eigenvalue weighted by molar-refractivity contribution is -0.125. The second kappa shape index (κ2) is 7.37. The van der Waals surface area contributed by atoms with Gasteiger partial charge in [0.05, 0.1) is 22.9 Å². The van der Waals surface area contributed by atoms with E-state index in [1.165, 1.54) is 4.90 Å². The molecule has 0 radical (unpaired) electrons. The summed E-state index contributed by atoms with van der Waals surface area (Å²) in [6.45, 7) is 3.56. The molecule has 1 aromatic heterocycles. The first-order valence-corrected chi connectivity index (χ1v) is 10.0. The molecule has 1 amide bonds. The van der Waals surface area contributed by atoms with Crippen molar-refractivity contribution in [1.82, 2.24) is 4.98 Å². The minimum atomic E-state index is -0.655. The molecule has 0 fully saturated rings. The van der Waals surface area contributed by atoms with Crippen molar-refractivity contribution in [2.75, 3.05) is 11.4 Å². The first kappa shape index (κ1) is 18.7. The highest BCUT2D eigenvalue weighted by atomic mass is 35.5. The maximum absolute atomic E-state index is 12.8. The zero-order valence-electron chi connectivity index (χ0n) is 15.3. The summed E-state index contributed by atoms with van der Waals surface area (Å²) in [5.74, 6) is 0.160. The summed E-state index contributed by atoms with van der Waals surface area (Å²) >= 11 is 7.46. The summed E-state index contributed by atoms with van der Waals surface area (Å²) in [7, 11) is 0. The van der Waals surface area contributed by atoms with Crippen molar-refractivity contribution in [2.45, 2.75) is 20.0 Å². The van der Waals surface area contributed by atoms with Crippen LogP contribution in [-0.4, -0.2) is 29.3 Å². The fourth-order valence-electron chi connectivity index (χ4n) is 3.10. The van der Waals surface area contributed by atoms with Gasteiger partial charge in [0.25, 0.3) is 5.91 Å². The van der Waals surface area contributed by atoms with Crippen molar-refractivity contribution < 1.29 is 14.3 Å². The van der Waals surface area contributed by atoms with Gasteiger partial charge in [-0.05, 0) is 56.3 Å². The number of ether oxygens (including phenoxy) is 1. The molecule has 28 heavy (non-hydrogen) atoms. The molecule has 1 aliphatic rings. The van der Waals surface area contributed by atoms with Crippen molar-refractivity contribution in [1.29, 1.82) is 0 Å². The van der Waals surface area contributed by atoms with E-state index in [1.54, 1.807) is 42.5 Å². The number of benzene rings is 2. The summed E-state index contributed by atoms with van der Waals surface area (Å²) in [5.41, 5.74) is 2.79. The van der Waals surface area contributed by atoms with Crippen LogP contribution in [0.4, 0.5) is 5.69 Å². The molecule has 4 rings (SSSR count). The van der Waals surface area contributed by atoms with E-state index in [9.17, 15) is 9.59 Å². The van der Waals surface area contributed by atoms with Crippen LogP contribution in [-0.2, 0) is 4.79 Å². The lowest BCUT2D eigenvalue weighted by Crippen LogP contribution is -2.46. The number of halogens is 1. The molecule has 3 aromatic rings. The number of aryl methyl sites for hydroxylation is 1. The molecular formula is C21H17ClN2O3S. The lowest BCUT2D eigenvalue weighted by atomic mass is 10.1. The molecule has 2 aromatic carbocycles. The third-order valence-electron chi connectivity index (χ3n) is 4.55. The molecule has 0 N–H and O–H groups in total. The highest BCUT2D eigenvalue weighted by Gasteiger charge is 2.33. The van der Waals surface area contributed by atoms with Crippen molar-refractivity contribution in [3.05, 3.63) is 63.4 Å². The van der Waals surface area contributed by atoms with Gasteiger partial charge in [-0.1, -0.05) is 11.6 Å². The van der Waals surface area contributed by atoms with Gasteiger partial charge < -0.3 is 4.74 Å². The molecule has 0 saturated heterocycles. The van der Waals surface area contributed by atoms with Gasteiger partial charge in [0.1, 0.15) is 5.75 Å². The highest BCUT2D eigenvalue weighted by Crippen LogP contribution is 2.37. The molecule has 0 spiro atoms. The minimum Gasteiger partial charge on any atom is -0.479 e. The van der Waals surface area contributed by atoms with E-state index in [1.807, 2.05) is 30.5 Å². The second-order valence-electron chi connectivity index (χ2n) is 6.55. The SMILES string of the molecule is Cc1nc(-c2ccc3c(c2)N(CC(=O)c2ccc(Cl)cc2)C(=O)C(C)O3)cs1. The van der Waals surface area contributed by atoms with E-state index in [-0.39, 0.29) is 18.2 Å². The molecule has 7 heteroatoms. The van der Waals surface area contributed by atoms with E-state index in [0.29, 0.717) is 22.0 Å². The standard InChI is InChI=1S/C21H17ClN2O3S/c1-12-21(26)24(10-19(25)14-3-6-16(22)7-4-14)18-9-15(5-8-20(18)27-12)17-11-28-13(2)23-17/h3-9,11-12H,10H2,1-2H3. The monoisotopic (exact) mass is 412 g/mol. The van der Waals surface area contributed by atoms with Crippen LogP contribution in [0.2, 0.25) is 5.02 Å². The molecule has 1 unspecified atom stereocenters. The van der Waals surface area contributed by atoms with E-state index < -0.39 is 6.10 Å². The zero-order chi connectivity index (χ0) is 19.8. The first-order valence-electron chi connectivity index (χ1n) is 8.76. The maximum atomic E-state index is 12.8. The number of nitrogens with zero attached hydrogens (tertiary/aromatic N) is 2. The third kappa shape index (κ3) is 3.53. The normalized spacial score (nSPS) is 15.9. The highest BCUT2D eigenvalue weighted by molar-refractivity contribution is 7.09. The first-order chi connectivity index (χ1) is 13.4. The Kier molecular flexibility index (Phi) is 4.91. The van der Waals surface area contributed by atoms with Gasteiger partial charge in [0.2, 0.25) is 0 Å². The Bertz CT molecular complexity index is 1060. The lowest BCUT2D eigenvalue weighted by Gasteiger charge is -2.33.